The maximum Gasteiger partial charge on any atom is 0.258 e. The first-order chi connectivity index (χ1) is 12.6. The number of carbonyl (C=O) groups is 1. The molecule has 0 radical (unpaired) electrons. The van der Waals surface area contributed by atoms with Crippen LogP contribution in [-0.2, 0) is 0 Å². The fourth-order valence-corrected chi connectivity index (χ4v) is 3.77. The van der Waals surface area contributed by atoms with Crippen LogP contribution in [0.25, 0.3) is 0 Å². The molecule has 0 spiro atoms. The second-order valence-corrected chi connectivity index (χ2v) is 6.95. The van der Waals surface area contributed by atoms with E-state index >= 15 is 0 Å². The largest absolute Gasteiger partial charge is 0.507 e. The first-order valence-corrected chi connectivity index (χ1v) is 9.40. The number of carbonyl (C=O) groups excluding carboxylic acids is 1. The smallest absolute Gasteiger partial charge is 0.258 e. The summed E-state index contributed by atoms with van der Waals surface area (Å²) in [6.45, 7) is 5.97. The molecule has 1 aliphatic heterocycles. The molecule has 1 heterocycles. The lowest BCUT2D eigenvalue weighted by Gasteiger charge is -2.38. The van der Waals surface area contributed by atoms with Crippen molar-refractivity contribution in [2.75, 3.05) is 23.3 Å². The molecule has 5 nitrogen and oxygen atoms in total. The fourth-order valence-electron chi connectivity index (χ4n) is 3.77. The van der Waals surface area contributed by atoms with Gasteiger partial charge in [-0.25, -0.2) is 0 Å². The van der Waals surface area contributed by atoms with Crippen LogP contribution in [0.15, 0.2) is 42.5 Å². The first-order valence-electron chi connectivity index (χ1n) is 9.40. The Hall–Kier alpha value is -2.69. The molecule has 2 aromatic carbocycles. The molecule has 5 heteroatoms. The van der Waals surface area contributed by atoms with Crippen molar-refractivity contribution in [1.29, 1.82) is 0 Å². The normalized spacial score (nSPS) is 19.1. The minimum absolute atomic E-state index is 0.0408. The zero-order chi connectivity index (χ0) is 18.3. The molecule has 2 aromatic rings. The Morgan fingerprint density at radius 2 is 1.88 bits per heavy atom. The number of hydrogen-bond donors (Lipinski definition) is 2. The molecule has 1 atom stereocenters. The van der Waals surface area contributed by atoms with Crippen molar-refractivity contribution < 1.29 is 9.90 Å². The summed E-state index contributed by atoms with van der Waals surface area (Å²) in [5.41, 5.74) is 3.27. The highest BCUT2D eigenvalue weighted by Gasteiger charge is 2.42. The number of aromatic hydroxyl groups is 1. The molecular weight excluding hydrogens is 326 g/mol. The molecule has 1 fully saturated rings. The van der Waals surface area contributed by atoms with Crippen molar-refractivity contribution >= 4 is 17.3 Å². The maximum absolute atomic E-state index is 13.1. The molecule has 0 saturated heterocycles. The number of nitrogens with one attached hydrogen (secondary N) is 1. The van der Waals surface area contributed by atoms with Gasteiger partial charge in [-0.05, 0) is 51.0 Å². The summed E-state index contributed by atoms with van der Waals surface area (Å²) in [5.74, 6) is 0.267. The van der Waals surface area contributed by atoms with E-state index in [1.807, 2.05) is 41.3 Å². The van der Waals surface area contributed by atoms with Gasteiger partial charge in [0.1, 0.15) is 11.9 Å². The zero-order valence-electron chi connectivity index (χ0n) is 15.3. The van der Waals surface area contributed by atoms with Gasteiger partial charge in [0.15, 0.2) is 0 Å². The Balaban J connectivity index is 1.73. The summed E-state index contributed by atoms with van der Waals surface area (Å²) >= 11 is 0. The predicted molar refractivity (Wildman–Crippen MR) is 104 cm³/mol. The van der Waals surface area contributed by atoms with Crippen LogP contribution < -0.4 is 10.2 Å². The highest BCUT2D eigenvalue weighted by Crippen LogP contribution is 2.43. The number of rotatable bonds is 5. The van der Waals surface area contributed by atoms with E-state index in [2.05, 4.69) is 24.1 Å². The third kappa shape index (κ3) is 2.77. The van der Waals surface area contributed by atoms with E-state index in [0.29, 0.717) is 5.56 Å². The van der Waals surface area contributed by atoms with Gasteiger partial charge in [0.2, 0.25) is 0 Å². The quantitative estimate of drug-likeness (QED) is 0.856. The minimum atomic E-state index is -0.337. The molecule has 2 aliphatic rings. The van der Waals surface area contributed by atoms with Crippen molar-refractivity contribution in [3.05, 3.63) is 53.6 Å². The monoisotopic (exact) mass is 351 g/mol. The van der Waals surface area contributed by atoms with Crippen LogP contribution in [0.5, 0.6) is 5.75 Å². The Kier molecular flexibility index (Phi) is 4.23. The number of amides is 1. The number of phenolic OH excluding ortho intramolecular Hbond substituents is 1. The Morgan fingerprint density at radius 1 is 1.15 bits per heavy atom. The van der Waals surface area contributed by atoms with Crippen molar-refractivity contribution in [2.24, 2.45) is 0 Å². The lowest BCUT2D eigenvalue weighted by Crippen LogP contribution is -2.44. The van der Waals surface area contributed by atoms with E-state index in [0.717, 1.165) is 42.9 Å². The van der Waals surface area contributed by atoms with Gasteiger partial charge in [0.05, 0.1) is 5.56 Å². The zero-order valence-corrected chi connectivity index (χ0v) is 15.3. The maximum atomic E-state index is 13.1. The Labute approximate surface area is 154 Å². The lowest BCUT2D eigenvalue weighted by molar-refractivity contribution is 0.0664. The molecule has 0 aromatic heterocycles. The number of benzene rings is 2. The van der Waals surface area contributed by atoms with Gasteiger partial charge in [-0.3, -0.25) is 4.79 Å². The van der Waals surface area contributed by atoms with Crippen LogP contribution in [0.2, 0.25) is 0 Å². The Morgan fingerprint density at radius 3 is 2.54 bits per heavy atom. The van der Waals surface area contributed by atoms with Gasteiger partial charge >= 0.3 is 0 Å². The minimum Gasteiger partial charge on any atom is -0.507 e. The number of fused-ring (bicyclic) bond motifs is 1. The van der Waals surface area contributed by atoms with Crippen LogP contribution in [0, 0.1) is 0 Å². The molecule has 2 N–H and O–H groups in total. The standard InChI is InChI=1S/C21H25N3O2/c1-3-23(4-2)15-11-12-17(19(25)13-15)20-22-18-8-6-5-7-16(18)21(26)24(20)14-9-10-14/h5-8,11-14,20,22,25H,3-4,9-10H2,1-2H3/t20-/m0/s1. The van der Waals surface area contributed by atoms with Gasteiger partial charge < -0.3 is 20.2 Å². The van der Waals surface area contributed by atoms with Crippen LogP contribution >= 0.6 is 0 Å². The summed E-state index contributed by atoms with van der Waals surface area (Å²) in [4.78, 5) is 17.1. The third-order valence-electron chi connectivity index (χ3n) is 5.34. The second kappa shape index (κ2) is 6.56. The van der Waals surface area contributed by atoms with Crippen LogP contribution in [0.3, 0.4) is 0 Å². The average Bonchev–Trinajstić information content (AvgIpc) is 3.48. The highest BCUT2D eigenvalue weighted by atomic mass is 16.3. The SMILES string of the molecule is CCN(CC)c1ccc([C@H]2Nc3ccccc3C(=O)N2C2CC2)c(O)c1. The first kappa shape index (κ1) is 16.8. The fraction of sp³-hybridized carbons (Fsp3) is 0.381. The van der Waals surface area contributed by atoms with E-state index in [1.165, 1.54) is 0 Å². The molecule has 4 rings (SSSR count). The third-order valence-corrected chi connectivity index (χ3v) is 5.34. The molecular formula is C21H25N3O2. The summed E-state index contributed by atoms with van der Waals surface area (Å²) < 4.78 is 0. The van der Waals surface area contributed by atoms with Gasteiger partial charge in [0, 0.05) is 42.1 Å². The molecule has 26 heavy (non-hydrogen) atoms. The van der Waals surface area contributed by atoms with Gasteiger partial charge in [0.25, 0.3) is 5.91 Å². The molecule has 1 amide bonds. The van der Waals surface area contributed by atoms with Gasteiger partial charge in [-0.15, -0.1) is 0 Å². The number of para-hydroxylation sites is 1. The number of hydrogen-bond acceptors (Lipinski definition) is 4. The number of anilines is 2. The number of nitrogens with zero attached hydrogens (tertiary/aromatic N) is 2. The van der Waals surface area contributed by atoms with Crippen LogP contribution in [-0.4, -0.2) is 35.0 Å². The predicted octanol–water partition coefficient (Wildman–Crippen LogP) is 3.97. The number of phenols is 1. The van der Waals surface area contributed by atoms with Crippen molar-refractivity contribution in [2.45, 2.75) is 38.9 Å². The molecule has 1 saturated carbocycles. The second-order valence-electron chi connectivity index (χ2n) is 6.95. The lowest BCUT2D eigenvalue weighted by atomic mass is 10.0. The van der Waals surface area contributed by atoms with Crippen molar-refractivity contribution in [1.82, 2.24) is 4.90 Å². The van der Waals surface area contributed by atoms with Gasteiger partial charge in [-0.2, -0.15) is 0 Å². The van der Waals surface area contributed by atoms with E-state index in [9.17, 15) is 9.90 Å². The van der Waals surface area contributed by atoms with E-state index < -0.39 is 0 Å². The summed E-state index contributed by atoms with van der Waals surface area (Å²) in [6, 6.07) is 13.6. The Bertz CT molecular complexity index is 828. The molecule has 1 aliphatic carbocycles. The van der Waals surface area contributed by atoms with Crippen molar-refractivity contribution in [3.8, 4) is 5.75 Å². The topological polar surface area (TPSA) is 55.8 Å². The molecule has 0 unspecified atom stereocenters. The van der Waals surface area contributed by atoms with Crippen LogP contribution in [0.4, 0.5) is 11.4 Å². The highest BCUT2D eigenvalue weighted by molar-refractivity contribution is 6.02. The van der Waals surface area contributed by atoms with E-state index in [4.69, 9.17) is 0 Å². The molecule has 136 valence electrons. The summed E-state index contributed by atoms with van der Waals surface area (Å²) in [7, 11) is 0. The van der Waals surface area contributed by atoms with E-state index in [-0.39, 0.29) is 23.9 Å². The molecule has 0 bridgehead atoms. The van der Waals surface area contributed by atoms with Crippen LogP contribution in [0.1, 0.15) is 48.8 Å². The van der Waals surface area contributed by atoms with E-state index in [1.54, 1.807) is 6.07 Å². The van der Waals surface area contributed by atoms with Crippen molar-refractivity contribution in [3.63, 3.8) is 0 Å². The summed E-state index contributed by atoms with van der Waals surface area (Å²) in [5, 5.41) is 14.2. The summed E-state index contributed by atoms with van der Waals surface area (Å²) in [6.07, 6.45) is 1.70. The average molecular weight is 351 g/mol. The van der Waals surface area contributed by atoms with Gasteiger partial charge in [-0.1, -0.05) is 12.1 Å².